The number of para-hydroxylation sites is 1. The minimum atomic E-state index is -1.04. The number of rotatable bonds is 2. The number of hydrogen-bond donors (Lipinski definition) is 1. The maximum absolute atomic E-state index is 14.0. The van der Waals surface area contributed by atoms with E-state index >= 15 is 0 Å². The van der Waals surface area contributed by atoms with Gasteiger partial charge in [-0.1, -0.05) is 24.6 Å². The Bertz CT molecular complexity index is 544. The predicted octanol–water partition coefficient (Wildman–Crippen LogP) is 2.50. The number of benzene rings is 1. The lowest BCUT2D eigenvalue weighted by Crippen LogP contribution is -2.55. The number of anilines is 1. The lowest BCUT2D eigenvalue weighted by molar-refractivity contribution is -0.129. The van der Waals surface area contributed by atoms with E-state index in [-0.39, 0.29) is 35.5 Å². The fourth-order valence-corrected chi connectivity index (χ4v) is 2.50. The third kappa shape index (κ3) is 2.50. The molecule has 6 heteroatoms. The lowest BCUT2D eigenvalue weighted by atomic mass is 9.97. The average molecular weight is 299 g/mol. The first kappa shape index (κ1) is 14.8. The van der Waals surface area contributed by atoms with Crippen LogP contribution in [0.2, 0.25) is 5.02 Å². The Kier molecular flexibility index (Phi) is 3.99. The topological polar surface area (TPSA) is 49.4 Å². The number of hydrogen-bond acceptors (Lipinski definition) is 2. The third-order valence-corrected chi connectivity index (χ3v) is 3.91. The van der Waals surface area contributed by atoms with Crippen molar-refractivity contribution in [1.82, 2.24) is 5.32 Å². The molecule has 0 radical (unpaired) electrons. The summed E-state index contributed by atoms with van der Waals surface area (Å²) in [5.41, 5.74) is -1.01. The van der Waals surface area contributed by atoms with Crippen molar-refractivity contribution in [2.45, 2.75) is 32.2 Å². The molecule has 0 aromatic heterocycles. The van der Waals surface area contributed by atoms with Crippen molar-refractivity contribution < 1.29 is 14.0 Å². The molecule has 0 spiro atoms. The molecule has 1 aliphatic heterocycles. The average Bonchev–Trinajstić information content (AvgIpc) is 2.50. The van der Waals surface area contributed by atoms with Gasteiger partial charge in [0.15, 0.2) is 0 Å². The van der Waals surface area contributed by atoms with Crippen LogP contribution in [0.5, 0.6) is 0 Å². The van der Waals surface area contributed by atoms with Crippen LogP contribution in [0.3, 0.4) is 0 Å². The van der Waals surface area contributed by atoms with Crippen LogP contribution in [0.1, 0.15) is 26.7 Å². The van der Waals surface area contributed by atoms with Crippen molar-refractivity contribution in [3.63, 3.8) is 0 Å². The Balaban J connectivity index is 2.50. The molecule has 20 heavy (non-hydrogen) atoms. The minimum Gasteiger partial charge on any atom is -0.342 e. The monoisotopic (exact) mass is 298 g/mol. The number of nitrogens with zero attached hydrogens (tertiary/aromatic N) is 1. The maximum atomic E-state index is 14.0. The Morgan fingerprint density at radius 3 is 2.75 bits per heavy atom. The first-order valence-electron chi connectivity index (χ1n) is 6.46. The van der Waals surface area contributed by atoms with Gasteiger partial charge in [-0.25, -0.2) is 4.39 Å². The summed E-state index contributed by atoms with van der Waals surface area (Å²) in [5.74, 6) is -1.14. The van der Waals surface area contributed by atoms with Gasteiger partial charge in [0.25, 0.3) is 5.91 Å². The first-order chi connectivity index (χ1) is 9.39. The molecule has 1 aliphatic rings. The largest absolute Gasteiger partial charge is 0.342 e. The molecule has 1 N–H and O–H groups in total. The molecule has 1 aromatic rings. The Morgan fingerprint density at radius 1 is 1.45 bits per heavy atom. The normalized spacial score (nSPS) is 23.5. The molecule has 0 saturated carbocycles. The molecule has 1 atom stereocenters. The van der Waals surface area contributed by atoms with Gasteiger partial charge in [0, 0.05) is 13.0 Å². The first-order valence-corrected chi connectivity index (χ1v) is 6.84. The molecule has 108 valence electrons. The van der Waals surface area contributed by atoms with Crippen molar-refractivity contribution in [3.05, 3.63) is 29.0 Å². The van der Waals surface area contributed by atoms with E-state index in [1.165, 1.54) is 23.1 Å². The van der Waals surface area contributed by atoms with Crippen molar-refractivity contribution >= 4 is 29.1 Å². The summed E-state index contributed by atoms with van der Waals surface area (Å²) >= 11 is 6.01. The smallest absolute Gasteiger partial charge is 0.252 e. The van der Waals surface area contributed by atoms with E-state index in [4.69, 9.17) is 11.6 Å². The molecule has 1 saturated heterocycles. The van der Waals surface area contributed by atoms with Crippen LogP contribution in [-0.2, 0) is 9.59 Å². The van der Waals surface area contributed by atoms with Crippen molar-refractivity contribution in [1.29, 1.82) is 0 Å². The van der Waals surface area contributed by atoms with E-state index in [1.807, 2.05) is 0 Å². The van der Waals surface area contributed by atoms with Gasteiger partial charge >= 0.3 is 0 Å². The predicted molar refractivity (Wildman–Crippen MR) is 75.2 cm³/mol. The quantitative estimate of drug-likeness (QED) is 0.912. The zero-order valence-electron chi connectivity index (χ0n) is 11.4. The summed E-state index contributed by atoms with van der Waals surface area (Å²) in [6.07, 6.45) is 0.534. The molecule has 1 heterocycles. The fraction of sp³-hybridized carbons (Fsp3) is 0.429. The molecule has 1 aromatic carbocycles. The fourth-order valence-electron chi connectivity index (χ4n) is 2.24. The highest BCUT2D eigenvalue weighted by Gasteiger charge is 2.40. The Morgan fingerprint density at radius 2 is 2.15 bits per heavy atom. The molecular weight excluding hydrogens is 283 g/mol. The molecule has 1 unspecified atom stereocenters. The van der Waals surface area contributed by atoms with E-state index in [0.29, 0.717) is 6.42 Å². The van der Waals surface area contributed by atoms with Gasteiger partial charge < -0.3 is 10.2 Å². The van der Waals surface area contributed by atoms with E-state index in [1.54, 1.807) is 13.8 Å². The van der Waals surface area contributed by atoms with Crippen LogP contribution in [0.15, 0.2) is 18.2 Å². The number of amides is 2. The molecular formula is C14H16ClFN2O2. The van der Waals surface area contributed by atoms with Gasteiger partial charge in [-0.15, -0.1) is 0 Å². The highest BCUT2D eigenvalue weighted by molar-refractivity contribution is 6.34. The Hall–Kier alpha value is -1.62. The molecule has 1 fully saturated rings. The highest BCUT2D eigenvalue weighted by Crippen LogP contribution is 2.32. The summed E-state index contributed by atoms with van der Waals surface area (Å²) in [6, 6.07) is 4.25. The van der Waals surface area contributed by atoms with Crippen LogP contribution in [0.25, 0.3) is 0 Å². The summed E-state index contributed by atoms with van der Waals surface area (Å²) in [4.78, 5) is 25.6. The van der Waals surface area contributed by atoms with Gasteiger partial charge in [0.2, 0.25) is 5.91 Å². The van der Waals surface area contributed by atoms with Gasteiger partial charge in [-0.2, -0.15) is 0 Å². The minimum absolute atomic E-state index is 0.0374. The van der Waals surface area contributed by atoms with Gasteiger partial charge in [-0.05, 0) is 25.5 Å². The second-order valence-corrected chi connectivity index (χ2v) is 5.42. The molecule has 0 bridgehead atoms. The molecule has 2 amide bonds. The number of carbonyl (C=O) groups excluding carboxylic acids is 2. The standard InChI is InChI=1S/C14H16ClFN2O2/c1-3-14(2)13(20)18(8-7-11(19)17-14)12-9(15)5-4-6-10(12)16/h4-6H,3,7-8H2,1-2H3,(H,17,19). The van der Waals surface area contributed by atoms with Crippen molar-refractivity contribution in [2.75, 3.05) is 11.4 Å². The van der Waals surface area contributed by atoms with Crippen LogP contribution < -0.4 is 10.2 Å². The molecule has 2 rings (SSSR count). The number of carbonyl (C=O) groups is 2. The van der Waals surface area contributed by atoms with E-state index in [9.17, 15) is 14.0 Å². The van der Waals surface area contributed by atoms with Crippen molar-refractivity contribution in [3.8, 4) is 0 Å². The van der Waals surface area contributed by atoms with Crippen molar-refractivity contribution in [2.24, 2.45) is 0 Å². The Labute approximate surface area is 121 Å². The summed E-state index contributed by atoms with van der Waals surface area (Å²) in [7, 11) is 0. The number of halogens is 2. The van der Waals surface area contributed by atoms with Gasteiger partial charge in [0.1, 0.15) is 11.4 Å². The summed E-state index contributed by atoms with van der Waals surface area (Å²) in [5, 5.41) is 2.86. The number of nitrogens with one attached hydrogen (secondary N) is 1. The van der Waals surface area contributed by atoms with E-state index in [2.05, 4.69) is 5.32 Å². The van der Waals surface area contributed by atoms with E-state index < -0.39 is 11.4 Å². The zero-order valence-corrected chi connectivity index (χ0v) is 12.1. The summed E-state index contributed by atoms with van der Waals surface area (Å²) < 4.78 is 14.0. The van der Waals surface area contributed by atoms with E-state index in [0.717, 1.165) is 0 Å². The van der Waals surface area contributed by atoms with Crippen LogP contribution >= 0.6 is 11.6 Å². The van der Waals surface area contributed by atoms with Crippen LogP contribution in [-0.4, -0.2) is 23.9 Å². The zero-order chi connectivity index (χ0) is 14.9. The second kappa shape index (κ2) is 5.40. The van der Waals surface area contributed by atoms with Gasteiger partial charge in [-0.3, -0.25) is 9.59 Å². The molecule has 4 nitrogen and oxygen atoms in total. The SMILES string of the molecule is CCC1(C)NC(=O)CCN(c2c(F)cccc2Cl)C1=O. The maximum Gasteiger partial charge on any atom is 0.252 e. The molecule has 0 aliphatic carbocycles. The van der Waals surface area contributed by atoms with Crippen LogP contribution in [0, 0.1) is 5.82 Å². The van der Waals surface area contributed by atoms with Crippen LogP contribution in [0.4, 0.5) is 10.1 Å². The highest BCUT2D eigenvalue weighted by atomic mass is 35.5. The van der Waals surface area contributed by atoms with Gasteiger partial charge in [0.05, 0.1) is 10.7 Å². The third-order valence-electron chi connectivity index (χ3n) is 3.61. The second-order valence-electron chi connectivity index (χ2n) is 5.01. The summed E-state index contributed by atoms with van der Waals surface area (Å²) in [6.45, 7) is 3.55. The lowest BCUT2D eigenvalue weighted by Gasteiger charge is -2.31.